The van der Waals surface area contributed by atoms with E-state index in [4.69, 9.17) is 10.5 Å². The molecule has 2 aliphatic heterocycles. The van der Waals surface area contributed by atoms with E-state index in [9.17, 15) is 5.11 Å². The first-order chi connectivity index (χ1) is 15.0. The normalized spacial score (nSPS) is 22.7. The summed E-state index contributed by atoms with van der Waals surface area (Å²) in [5.41, 5.74) is 11.7. The Hall–Kier alpha value is -2.34. The highest BCUT2D eigenvalue weighted by Gasteiger charge is 2.35. The summed E-state index contributed by atoms with van der Waals surface area (Å²) in [4.78, 5) is 2.56. The molecule has 0 spiro atoms. The molecule has 1 aromatic heterocycles. The fourth-order valence-corrected chi connectivity index (χ4v) is 5.49. The van der Waals surface area contributed by atoms with Gasteiger partial charge < -0.3 is 20.1 Å². The molecule has 5 nitrogen and oxygen atoms in total. The lowest BCUT2D eigenvalue weighted by Crippen LogP contribution is -2.42. The maximum Gasteiger partial charge on any atom is 0.122 e. The number of para-hydroxylation sites is 1. The van der Waals surface area contributed by atoms with Crippen LogP contribution in [0.2, 0.25) is 0 Å². The third-order valence-corrected chi connectivity index (χ3v) is 7.42. The van der Waals surface area contributed by atoms with Crippen LogP contribution in [0.15, 0.2) is 42.5 Å². The van der Waals surface area contributed by atoms with E-state index < -0.39 is 0 Å². The minimum absolute atomic E-state index is 0.117. The molecule has 5 rings (SSSR count). The first-order valence-electron chi connectivity index (χ1n) is 11.5. The number of fused-ring (bicyclic) bond motifs is 2. The van der Waals surface area contributed by atoms with Crippen molar-refractivity contribution in [3.05, 3.63) is 64.8 Å². The second-order valence-electron chi connectivity index (χ2n) is 9.27. The predicted octanol–water partition coefficient (Wildman–Crippen LogP) is 4.05. The molecule has 3 N–H and O–H groups in total. The topological polar surface area (TPSA) is 63.6 Å². The Morgan fingerprint density at radius 3 is 2.65 bits per heavy atom. The molecule has 3 aromatic rings. The molecule has 5 heteroatoms. The Morgan fingerprint density at radius 1 is 1.13 bits per heavy atom. The summed E-state index contributed by atoms with van der Waals surface area (Å²) in [5, 5.41) is 12.0. The van der Waals surface area contributed by atoms with Gasteiger partial charge in [0, 0.05) is 43.3 Å². The van der Waals surface area contributed by atoms with E-state index in [1.807, 2.05) is 13.0 Å². The lowest BCUT2D eigenvalue weighted by Gasteiger charge is -2.40. The number of nitrogens with two attached hydrogens (primary N) is 1. The first kappa shape index (κ1) is 20.6. The second kappa shape index (κ2) is 8.30. The van der Waals surface area contributed by atoms with Gasteiger partial charge in [-0.2, -0.15) is 0 Å². The zero-order valence-corrected chi connectivity index (χ0v) is 18.6. The van der Waals surface area contributed by atoms with E-state index in [1.54, 1.807) is 0 Å². The average Bonchev–Trinajstić information content (AvgIpc) is 3.11. The third kappa shape index (κ3) is 3.75. The Balaban J connectivity index is 1.26. The van der Waals surface area contributed by atoms with Crippen LogP contribution in [0.25, 0.3) is 10.9 Å². The van der Waals surface area contributed by atoms with Crippen molar-refractivity contribution in [1.29, 1.82) is 0 Å². The van der Waals surface area contributed by atoms with E-state index in [-0.39, 0.29) is 12.2 Å². The highest BCUT2D eigenvalue weighted by molar-refractivity contribution is 5.81. The van der Waals surface area contributed by atoms with Crippen molar-refractivity contribution in [2.75, 3.05) is 19.6 Å². The molecular formula is C26H33N3O2. The SMILES string of the molecule is Cc1ccc2c(c1O)C[C@@H](C1CCN(Cc3cc4ccccc4n3C)CC1)O[C@H]2CN. The number of piperidine rings is 1. The molecule has 2 atom stereocenters. The molecule has 0 amide bonds. The summed E-state index contributed by atoms with van der Waals surface area (Å²) >= 11 is 0. The van der Waals surface area contributed by atoms with Gasteiger partial charge in [-0.25, -0.2) is 0 Å². The summed E-state index contributed by atoms with van der Waals surface area (Å²) in [6.07, 6.45) is 3.04. The largest absolute Gasteiger partial charge is 0.507 e. The number of aryl methyl sites for hydroxylation is 2. The highest BCUT2D eigenvalue weighted by Crippen LogP contribution is 2.40. The van der Waals surface area contributed by atoms with Gasteiger partial charge in [-0.3, -0.25) is 4.90 Å². The molecule has 3 heterocycles. The predicted molar refractivity (Wildman–Crippen MR) is 124 cm³/mol. The second-order valence-corrected chi connectivity index (χ2v) is 9.27. The van der Waals surface area contributed by atoms with E-state index >= 15 is 0 Å². The van der Waals surface area contributed by atoms with E-state index in [2.05, 4.69) is 52.9 Å². The Labute approximate surface area is 184 Å². The number of phenolic OH excluding ortho intramolecular Hbond substituents is 1. The molecule has 1 saturated heterocycles. The van der Waals surface area contributed by atoms with Crippen molar-refractivity contribution >= 4 is 10.9 Å². The van der Waals surface area contributed by atoms with Crippen LogP contribution >= 0.6 is 0 Å². The van der Waals surface area contributed by atoms with Gasteiger partial charge in [0.05, 0.1) is 12.2 Å². The molecule has 164 valence electrons. The monoisotopic (exact) mass is 419 g/mol. The van der Waals surface area contributed by atoms with Crippen molar-refractivity contribution in [3.8, 4) is 5.75 Å². The standard InChI is InChI=1S/C26H33N3O2/c1-17-7-8-21-22(26(17)30)14-24(31-25(21)15-27)18-9-11-29(12-10-18)16-20-13-19-5-3-4-6-23(19)28(20)2/h3-8,13,18,24-25,30H,9-12,14-16,27H2,1-2H3/t24-,25-/m0/s1. The van der Waals surface area contributed by atoms with Gasteiger partial charge >= 0.3 is 0 Å². The van der Waals surface area contributed by atoms with E-state index in [1.165, 1.54) is 16.6 Å². The molecule has 0 radical (unpaired) electrons. The van der Waals surface area contributed by atoms with Crippen LogP contribution in [0.4, 0.5) is 0 Å². The van der Waals surface area contributed by atoms with Crippen LogP contribution in [-0.2, 0) is 24.8 Å². The summed E-state index contributed by atoms with van der Waals surface area (Å²) in [5.74, 6) is 0.934. The highest BCUT2D eigenvalue weighted by atomic mass is 16.5. The number of hydrogen-bond donors (Lipinski definition) is 2. The van der Waals surface area contributed by atoms with Crippen LogP contribution in [0.1, 0.15) is 41.3 Å². The fourth-order valence-electron chi connectivity index (χ4n) is 5.49. The van der Waals surface area contributed by atoms with Gasteiger partial charge in [-0.1, -0.05) is 30.3 Å². The number of benzene rings is 2. The maximum absolute atomic E-state index is 10.7. The molecule has 1 fully saturated rings. The van der Waals surface area contributed by atoms with Crippen LogP contribution < -0.4 is 5.73 Å². The van der Waals surface area contributed by atoms with Crippen molar-refractivity contribution in [3.63, 3.8) is 0 Å². The number of ether oxygens (including phenoxy) is 1. The molecule has 2 aromatic carbocycles. The zero-order valence-electron chi connectivity index (χ0n) is 18.6. The number of aromatic hydroxyl groups is 1. The summed E-state index contributed by atoms with van der Waals surface area (Å²) in [6, 6.07) is 14.9. The van der Waals surface area contributed by atoms with E-state index in [0.29, 0.717) is 18.2 Å². The van der Waals surface area contributed by atoms with Gasteiger partial charge in [0.2, 0.25) is 0 Å². The number of aromatic nitrogens is 1. The average molecular weight is 420 g/mol. The van der Waals surface area contributed by atoms with Crippen LogP contribution in [0, 0.1) is 12.8 Å². The molecule has 0 unspecified atom stereocenters. The van der Waals surface area contributed by atoms with Gasteiger partial charge in [0.1, 0.15) is 5.75 Å². The summed E-state index contributed by atoms with van der Waals surface area (Å²) in [6.45, 7) is 5.55. The van der Waals surface area contributed by atoms with Gasteiger partial charge in [-0.05, 0) is 67.4 Å². The number of rotatable bonds is 4. The fraction of sp³-hybridized carbons (Fsp3) is 0.462. The maximum atomic E-state index is 10.7. The van der Waals surface area contributed by atoms with Gasteiger partial charge in [-0.15, -0.1) is 0 Å². The first-order valence-corrected chi connectivity index (χ1v) is 11.5. The Bertz CT molecular complexity index is 1080. The van der Waals surface area contributed by atoms with Crippen molar-refractivity contribution in [2.24, 2.45) is 18.7 Å². The minimum atomic E-state index is -0.117. The molecule has 0 aliphatic carbocycles. The number of phenols is 1. The molecule has 0 bridgehead atoms. The van der Waals surface area contributed by atoms with Gasteiger partial charge in [0.25, 0.3) is 0 Å². The van der Waals surface area contributed by atoms with E-state index in [0.717, 1.165) is 55.6 Å². The Morgan fingerprint density at radius 2 is 1.90 bits per heavy atom. The van der Waals surface area contributed by atoms with Crippen LogP contribution in [-0.4, -0.2) is 40.3 Å². The zero-order chi connectivity index (χ0) is 21.5. The third-order valence-electron chi connectivity index (χ3n) is 7.42. The van der Waals surface area contributed by atoms with Crippen molar-refractivity contribution in [2.45, 2.75) is 44.9 Å². The number of likely N-dealkylation sites (tertiary alicyclic amines) is 1. The molecule has 0 saturated carbocycles. The van der Waals surface area contributed by atoms with Crippen molar-refractivity contribution < 1.29 is 9.84 Å². The van der Waals surface area contributed by atoms with Crippen LogP contribution in [0.3, 0.4) is 0 Å². The number of hydrogen-bond acceptors (Lipinski definition) is 4. The molecule has 2 aliphatic rings. The number of nitrogens with zero attached hydrogens (tertiary/aromatic N) is 2. The summed E-state index contributed by atoms with van der Waals surface area (Å²) < 4.78 is 8.77. The molecular weight excluding hydrogens is 386 g/mol. The minimum Gasteiger partial charge on any atom is -0.507 e. The molecule has 31 heavy (non-hydrogen) atoms. The lowest BCUT2D eigenvalue weighted by atomic mass is 9.83. The quantitative estimate of drug-likeness (QED) is 0.670. The van der Waals surface area contributed by atoms with Gasteiger partial charge in [0.15, 0.2) is 0 Å². The smallest absolute Gasteiger partial charge is 0.122 e. The summed E-state index contributed by atoms with van der Waals surface area (Å²) in [7, 11) is 2.17. The Kier molecular flexibility index (Phi) is 5.51. The van der Waals surface area contributed by atoms with Crippen LogP contribution in [0.5, 0.6) is 5.75 Å². The van der Waals surface area contributed by atoms with Crippen molar-refractivity contribution in [1.82, 2.24) is 9.47 Å². The lowest BCUT2D eigenvalue weighted by molar-refractivity contribution is -0.0652.